The zero-order valence-electron chi connectivity index (χ0n) is 21.7. The molecule has 2 amide bonds. The lowest BCUT2D eigenvalue weighted by atomic mass is 9.98. The molecule has 3 aromatic rings. The number of Topliss-reactive ketones (excluding diaryl/α,β-unsaturated/α-hetero) is 1. The van der Waals surface area contributed by atoms with E-state index in [1.54, 1.807) is 18.2 Å². The molecule has 0 spiro atoms. The topological polar surface area (TPSA) is 115 Å². The van der Waals surface area contributed by atoms with Gasteiger partial charge in [-0.2, -0.15) is 0 Å². The van der Waals surface area contributed by atoms with E-state index in [0.29, 0.717) is 55.4 Å². The number of aromatic nitrogens is 2. The maximum Gasteiger partial charge on any atom is 0.227 e. The van der Waals surface area contributed by atoms with E-state index in [0.717, 1.165) is 30.2 Å². The number of benzene rings is 1. The van der Waals surface area contributed by atoms with Crippen LogP contribution in [0.4, 0.5) is 0 Å². The molecule has 0 aliphatic carbocycles. The van der Waals surface area contributed by atoms with Gasteiger partial charge in [0, 0.05) is 38.2 Å². The van der Waals surface area contributed by atoms with Crippen LogP contribution in [0.2, 0.25) is 0 Å². The highest BCUT2D eigenvalue weighted by Crippen LogP contribution is 2.34. The van der Waals surface area contributed by atoms with Gasteiger partial charge in [-0.05, 0) is 25.0 Å². The fourth-order valence-corrected chi connectivity index (χ4v) is 4.48. The number of hydrogen-bond donors (Lipinski definition) is 1. The van der Waals surface area contributed by atoms with Gasteiger partial charge in [0.25, 0.3) is 0 Å². The lowest BCUT2D eigenvalue weighted by Crippen LogP contribution is -2.55. The maximum absolute atomic E-state index is 12.9. The van der Waals surface area contributed by atoms with Gasteiger partial charge in [0.2, 0.25) is 23.6 Å². The summed E-state index contributed by atoms with van der Waals surface area (Å²) in [4.78, 5) is 46.8. The fraction of sp³-hybridized carbons (Fsp3) is 0.464. The second-order valence-electron chi connectivity index (χ2n) is 9.47. The van der Waals surface area contributed by atoms with Crippen molar-refractivity contribution in [1.82, 2.24) is 20.2 Å². The number of ketones is 1. The lowest BCUT2D eigenvalue weighted by molar-refractivity contribution is -0.141. The van der Waals surface area contributed by atoms with Crippen molar-refractivity contribution in [3.05, 3.63) is 42.4 Å². The number of carbonyl (C=O) groups is 3. The van der Waals surface area contributed by atoms with Crippen molar-refractivity contribution in [3.8, 4) is 17.2 Å². The molecule has 0 radical (unpaired) electrons. The molecular weight excluding hydrogens is 472 g/mol. The van der Waals surface area contributed by atoms with Gasteiger partial charge in [0.15, 0.2) is 5.76 Å². The number of nitrogens with zero attached hydrogens (tertiary/aromatic N) is 3. The first-order chi connectivity index (χ1) is 17.9. The highest BCUT2D eigenvalue weighted by atomic mass is 16.5. The number of unbranched alkanes of at least 4 members (excludes halogenated alkanes) is 2. The summed E-state index contributed by atoms with van der Waals surface area (Å²) in [5.41, 5.74) is 1.49. The minimum atomic E-state index is -0.422. The Hall–Kier alpha value is -3.75. The number of ether oxygens (including phenoxy) is 1. The first kappa shape index (κ1) is 26.3. The third kappa shape index (κ3) is 6.34. The molecule has 4 rings (SSSR count). The van der Waals surface area contributed by atoms with E-state index >= 15 is 0 Å². The number of para-hydroxylation sites is 1. The Kier molecular flexibility index (Phi) is 8.53. The van der Waals surface area contributed by atoms with Crippen LogP contribution in [-0.4, -0.2) is 52.7 Å². The van der Waals surface area contributed by atoms with E-state index < -0.39 is 6.04 Å². The molecule has 196 valence electrons. The van der Waals surface area contributed by atoms with Gasteiger partial charge in [-0.25, -0.2) is 9.97 Å². The Bertz CT molecular complexity index is 1260. The van der Waals surface area contributed by atoms with Crippen molar-refractivity contribution in [2.24, 2.45) is 5.92 Å². The third-order valence-electron chi connectivity index (χ3n) is 6.83. The number of oxazole rings is 1. The average molecular weight is 507 g/mol. The van der Waals surface area contributed by atoms with Crippen LogP contribution < -0.4 is 10.1 Å². The maximum atomic E-state index is 12.9. The van der Waals surface area contributed by atoms with Crippen LogP contribution in [0.15, 0.2) is 40.9 Å². The van der Waals surface area contributed by atoms with Crippen LogP contribution >= 0.6 is 0 Å². The molecule has 1 aliphatic heterocycles. The van der Waals surface area contributed by atoms with E-state index in [9.17, 15) is 14.4 Å². The first-order valence-corrected chi connectivity index (χ1v) is 12.9. The highest BCUT2D eigenvalue weighted by molar-refractivity contribution is 5.85. The van der Waals surface area contributed by atoms with Gasteiger partial charge in [-0.3, -0.25) is 14.4 Å². The molecule has 0 bridgehead atoms. The van der Waals surface area contributed by atoms with Crippen LogP contribution in [-0.2, 0) is 14.4 Å². The molecule has 2 aromatic heterocycles. The minimum absolute atomic E-state index is 0.0301. The molecule has 9 nitrogen and oxygen atoms in total. The van der Waals surface area contributed by atoms with Crippen LogP contribution in [0.25, 0.3) is 22.2 Å². The molecule has 1 saturated heterocycles. The SMILES string of the molecule is CCC(=O)CCCCC[C@H](NC(=O)C1CN(C(C)=O)C1)c1ncc(-c2cc3ccccc3nc2OC)o1. The predicted octanol–water partition coefficient (Wildman–Crippen LogP) is 4.46. The summed E-state index contributed by atoms with van der Waals surface area (Å²) in [7, 11) is 1.56. The number of rotatable bonds is 12. The van der Waals surface area contributed by atoms with Gasteiger partial charge < -0.3 is 19.4 Å². The average Bonchev–Trinajstić information content (AvgIpc) is 3.35. The first-order valence-electron chi connectivity index (χ1n) is 12.9. The van der Waals surface area contributed by atoms with Gasteiger partial charge >= 0.3 is 0 Å². The van der Waals surface area contributed by atoms with E-state index in [4.69, 9.17) is 9.15 Å². The van der Waals surface area contributed by atoms with Gasteiger partial charge in [0.05, 0.1) is 30.3 Å². The molecule has 0 saturated carbocycles. The zero-order valence-corrected chi connectivity index (χ0v) is 21.7. The van der Waals surface area contributed by atoms with Crippen molar-refractivity contribution >= 4 is 28.5 Å². The molecular formula is C28H34N4O5. The van der Waals surface area contributed by atoms with Crippen molar-refractivity contribution in [1.29, 1.82) is 0 Å². The Morgan fingerprint density at radius 3 is 2.70 bits per heavy atom. The minimum Gasteiger partial charge on any atom is -0.480 e. The molecule has 1 aliphatic rings. The standard InChI is InChI=1S/C28H34N4O5/c1-4-21(34)11-6-5-7-13-24(30-26(35)20-16-32(17-20)18(2)33)28-29-15-25(37-28)22-14-19-10-8-9-12-23(19)31-27(22)36-3/h8-10,12,14-15,20,24H,4-7,11,13,16-17H2,1-3H3,(H,30,35)/t24-/m0/s1. The normalized spacial score (nSPS) is 14.3. The van der Waals surface area contributed by atoms with E-state index in [2.05, 4.69) is 15.3 Å². The molecule has 37 heavy (non-hydrogen) atoms. The van der Waals surface area contributed by atoms with Crippen molar-refractivity contribution in [2.75, 3.05) is 20.2 Å². The largest absolute Gasteiger partial charge is 0.480 e. The quantitative estimate of drug-likeness (QED) is 0.361. The number of carbonyl (C=O) groups excluding carboxylic acids is 3. The van der Waals surface area contributed by atoms with E-state index in [1.807, 2.05) is 37.3 Å². The summed E-state index contributed by atoms with van der Waals surface area (Å²) in [5, 5.41) is 4.03. The van der Waals surface area contributed by atoms with Crippen LogP contribution in [0.1, 0.15) is 64.3 Å². The molecule has 1 atom stereocenters. The summed E-state index contributed by atoms with van der Waals surface area (Å²) in [6.07, 6.45) is 5.89. The molecule has 1 fully saturated rings. The predicted molar refractivity (Wildman–Crippen MR) is 139 cm³/mol. The Morgan fingerprint density at radius 2 is 1.97 bits per heavy atom. The third-order valence-corrected chi connectivity index (χ3v) is 6.83. The molecule has 3 heterocycles. The summed E-state index contributed by atoms with van der Waals surface area (Å²) < 4.78 is 11.7. The van der Waals surface area contributed by atoms with Crippen LogP contribution in [0, 0.1) is 5.92 Å². The van der Waals surface area contributed by atoms with Crippen LogP contribution in [0.3, 0.4) is 0 Å². The number of hydrogen-bond acceptors (Lipinski definition) is 7. The number of pyridine rings is 1. The Morgan fingerprint density at radius 1 is 1.19 bits per heavy atom. The lowest BCUT2D eigenvalue weighted by Gasteiger charge is -2.38. The number of amides is 2. The summed E-state index contributed by atoms with van der Waals surface area (Å²) in [6, 6.07) is 9.28. The van der Waals surface area contributed by atoms with Crippen molar-refractivity contribution in [3.63, 3.8) is 0 Å². The monoisotopic (exact) mass is 506 g/mol. The second kappa shape index (κ2) is 12.0. The van der Waals surface area contributed by atoms with Gasteiger partial charge in [0.1, 0.15) is 11.8 Å². The van der Waals surface area contributed by atoms with E-state index in [1.165, 1.54) is 6.92 Å². The molecule has 1 N–H and O–H groups in total. The zero-order chi connectivity index (χ0) is 26.4. The number of fused-ring (bicyclic) bond motifs is 1. The summed E-state index contributed by atoms with van der Waals surface area (Å²) in [5.74, 6) is 1.22. The highest BCUT2D eigenvalue weighted by Gasteiger charge is 2.35. The smallest absolute Gasteiger partial charge is 0.227 e. The number of methoxy groups -OCH3 is 1. The van der Waals surface area contributed by atoms with Crippen molar-refractivity contribution < 1.29 is 23.5 Å². The molecule has 1 aromatic carbocycles. The van der Waals surface area contributed by atoms with Crippen molar-refractivity contribution in [2.45, 2.75) is 58.4 Å². The molecule has 0 unspecified atom stereocenters. The Balaban J connectivity index is 1.50. The number of nitrogens with one attached hydrogen (secondary N) is 1. The van der Waals surface area contributed by atoms with E-state index in [-0.39, 0.29) is 23.5 Å². The second-order valence-corrected chi connectivity index (χ2v) is 9.47. The molecule has 9 heteroatoms. The van der Waals surface area contributed by atoms with Gasteiger partial charge in [-0.15, -0.1) is 0 Å². The van der Waals surface area contributed by atoms with Crippen LogP contribution in [0.5, 0.6) is 5.88 Å². The Labute approximate surface area is 216 Å². The fourth-order valence-electron chi connectivity index (χ4n) is 4.48. The van der Waals surface area contributed by atoms with Gasteiger partial charge in [-0.1, -0.05) is 38.0 Å². The number of likely N-dealkylation sites (tertiary alicyclic amines) is 1. The summed E-state index contributed by atoms with van der Waals surface area (Å²) in [6.45, 7) is 4.22. The summed E-state index contributed by atoms with van der Waals surface area (Å²) >= 11 is 0.